The van der Waals surface area contributed by atoms with Gasteiger partial charge in [-0.25, -0.2) is 0 Å². The van der Waals surface area contributed by atoms with E-state index in [4.69, 9.17) is 10.2 Å². The zero-order valence-corrected chi connectivity index (χ0v) is 19.2. The maximum Gasteiger partial charge on any atom is 0.317 e. The van der Waals surface area contributed by atoms with Crippen LogP contribution in [0.4, 0.5) is 0 Å². The van der Waals surface area contributed by atoms with Crippen molar-refractivity contribution in [3.05, 3.63) is 54.1 Å². The van der Waals surface area contributed by atoms with E-state index in [0.717, 1.165) is 16.3 Å². The van der Waals surface area contributed by atoms with Gasteiger partial charge in [-0.3, -0.25) is 14.5 Å². The highest BCUT2D eigenvalue weighted by atomic mass is 28.3. The van der Waals surface area contributed by atoms with Gasteiger partial charge < -0.3 is 10.2 Å². The van der Waals surface area contributed by atoms with Crippen LogP contribution in [-0.2, 0) is 16.1 Å². The average Bonchev–Trinajstić information content (AvgIpc) is 2.73. The lowest BCUT2D eigenvalue weighted by molar-refractivity contribution is -0.142. The molecule has 32 heavy (non-hydrogen) atoms. The van der Waals surface area contributed by atoms with Gasteiger partial charge in [-0.15, -0.1) is 20.4 Å². The van der Waals surface area contributed by atoms with E-state index in [2.05, 4.69) is 40.0 Å². The number of rotatable bonds is 9. The van der Waals surface area contributed by atoms with E-state index in [9.17, 15) is 9.59 Å². The maximum absolute atomic E-state index is 11.2. The standard InChI is InChI=1S/C22H25N5O4Si/c1-32(2,3)18-10-15(12-27(13-19(28)29)14-20(30)31)9-17(11-18)22-25-23-21(24-26-22)16-7-5-4-6-8-16/h4-11H,12-14H2,1-3H3,(H,28,29)(H,30,31). The fourth-order valence-corrected chi connectivity index (χ4v) is 4.41. The van der Waals surface area contributed by atoms with Crippen LogP contribution in [0.25, 0.3) is 22.8 Å². The van der Waals surface area contributed by atoms with Gasteiger partial charge in [0, 0.05) is 17.7 Å². The smallest absolute Gasteiger partial charge is 0.317 e. The first-order valence-electron chi connectivity index (χ1n) is 10.1. The quantitative estimate of drug-likeness (QED) is 0.470. The van der Waals surface area contributed by atoms with Gasteiger partial charge in [0.2, 0.25) is 11.6 Å². The van der Waals surface area contributed by atoms with Crippen LogP contribution in [0.5, 0.6) is 0 Å². The first-order valence-corrected chi connectivity index (χ1v) is 13.6. The number of benzene rings is 2. The van der Waals surface area contributed by atoms with Crippen molar-refractivity contribution >= 4 is 25.2 Å². The Hall–Kier alpha value is -3.50. The molecular weight excluding hydrogens is 426 g/mol. The van der Waals surface area contributed by atoms with Crippen molar-refractivity contribution in [2.45, 2.75) is 26.2 Å². The predicted molar refractivity (Wildman–Crippen MR) is 122 cm³/mol. The second-order valence-corrected chi connectivity index (χ2v) is 13.6. The number of aromatic nitrogens is 4. The summed E-state index contributed by atoms with van der Waals surface area (Å²) in [4.78, 5) is 23.7. The molecule has 0 fully saturated rings. The number of hydrogen-bond donors (Lipinski definition) is 2. The zero-order valence-electron chi connectivity index (χ0n) is 18.2. The SMILES string of the molecule is C[Si](C)(C)c1cc(CN(CC(=O)O)CC(=O)O)cc(-c2nnc(-c3ccccc3)nn2)c1. The molecule has 0 unspecified atom stereocenters. The maximum atomic E-state index is 11.2. The van der Waals surface area contributed by atoms with Gasteiger partial charge in [0.15, 0.2) is 0 Å². The number of aliphatic carboxylic acids is 2. The van der Waals surface area contributed by atoms with E-state index in [0.29, 0.717) is 17.2 Å². The van der Waals surface area contributed by atoms with Crippen LogP contribution >= 0.6 is 0 Å². The molecule has 0 saturated heterocycles. The summed E-state index contributed by atoms with van der Waals surface area (Å²) in [6.07, 6.45) is 0. The normalized spacial score (nSPS) is 11.5. The van der Waals surface area contributed by atoms with Crippen LogP contribution in [0.2, 0.25) is 19.6 Å². The number of carbonyl (C=O) groups is 2. The third kappa shape index (κ3) is 6.25. The Morgan fingerprint density at radius 1 is 0.812 bits per heavy atom. The van der Waals surface area contributed by atoms with Crippen LogP contribution in [0, 0.1) is 0 Å². The molecule has 0 radical (unpaired) electrons. The number of carboxylic acids is 2. The second kappa shape index (κ2) is 9.75. The summed E-state index contributed by atoms with van der Waals surface area (Å²) in [6, 6.07) is 15.3. The lowest BCUT2D eigenvalue weighted by Crippen LogP contribution is -2.39. The van der Waals surface area contributed by atoms with Crippen molar-refractivity contribution in [3.8, 4) is 22.8 Å². The van der Waals surface area contributed by atoms with Gasteiger partial charge in [0.25, 0.3) is 0 Å². The van der Waals surface area contributed by atoms with Gasteiger partial charge in [-0.05, 0) is 11.6 Å². The summed E-state index contributed by atoms with van der Waals surface area (Å²) in [5.41, 5.74) is 2.32. The summed E-state index contributed by atoms with van der Waals surface area (Å²) >= 11 is 0. The largest absolute Gasteiger partial charge is 0.480 e. The number of carboxylic acid groups (broad SMARTS) is 2. The molecule has 0 saturated carbocycles. The van der Waals surface area contributed by atoms with E-state index in [-0.39, 0.29) is 19.6 Å². The number of nitrogens with zero attached hydrogens (tertiary/aromatic N) is 5. The van der Waals surface area contributed by atoms with Gasteiger partial charge >= 0.3 is 11.9 Å². The molecule has 0 amide bonds. The minimum Gasteiger partial charge on any atom is -0.480 e. The molecule has 1 heterocycles. The van der Waals surface area contributed by atoms with Crippen molar-refractivity contribution in [1.82, 2.24) is 25.3 Å². The Morgan fingerprint density at radius 2 is 1.34 bits per heavy atom. The highest BCUT2D eigenvalue weighted by Crippen LogP contribution is 2.19. The van der Waals surface area contributed by atoms with Crippen LogP contribution < -0.4 is 5.19 Å². The molecule has 1 aromatic heterocycles. The van der Waals surface area contributed by atoms with Gasteiger partial charge in [0.1, 0.15) is 0 Å². The molecule has 0 aliphatic rings. The van der Waals surface area contributed by atoms with E-state index >= 15 is 0 Å². The van der Waals surface area contributed by atoms with E-state index in [1.54, 1.807) is 0 Å². The van der Waals surface area contributed by atoms with Crippen LogP contribution in [0.3, 0.4) is 0 Å². The van der Waals surface area contributed by atoms with Gasteiger partial charge in [0.05, 0.1) is 21.2 Å². The summed E-state index contributed by atoms with van der Waals surface area (Å²) in [5, 5.41) is 36.3. The molecular formula is C22H25N5O4Si. The van der Waals surface area contributed by atoms with Gasteiger partial charge in [-0.1, -0.05) is 67.3 Å². The monoisotopic (exact) mass is 451 g/mol. The van der Waals surface area contributed by atoms with E-state index < -0.39 is 20.0 Å². The summed E-state index contributed by atoms with van der Waals surface area (Å²) in [5.74, 6) is -1.39. The predicted octanol–water partition coefficient (Wildman–Crippen LogP) is 2.12. The van der Waals surface area contributed by atoms with Crippen LogP contribution in [0.15, 0.2) is 48.5 Å². The lowest BCUT2D eigenvalue weighted by Gasteiger charge is -2.22. The van der Waals surface area contributed by atoms with Gasteiger partial charge in [-0.2, -0.15) is 0 Å². The first kappa shape index (κ1) is 23.2. The molecule has 0 bridgehead atoms. The molecule has 0 aliphatic heterocycles. The highest BCUT2D eigenvalue weighted by molar-refractivity contribution is 6.88. The summed E-state index contributed by atoms with van der Waals surface area (Å²) in [7, 11) is -1.76. The molecule has 10 heteroatoms. The lowest BCUT2D eigenvalue weighted by atomic mass is 10.1. The molecule has 0 atom stereocenters. The molecule has 2 aromatic carbocycles. The zero-order chi connectivity index (χ0) is 23.3. The van der Waals surface area contributed by atoms with Crippen molar-refractivity contribution in [2.75, 3.05) is 13.1 Å². The third-order valence-corrected chi connectivity index (χ3v) is 6.77. The van der Waals surface area contributed by atoms with Crippen molar-refractivity contribution < 1.29 is 19.8 Å². The average molecular weight is 452 g/mol. The first-order chi connectivity index (χ1) is 15.1. The molecule has 166 valence electrons. The van der Waals surface area contributed by atoms with Crippen molar-refractivity contribution in [1.29, 1.82) is 0 Å². The fraction of sp³-hybridized carbons (Fsp3) is 0.273. The Labute approximate surface area is 186 Å². The summed E-state index contributed by atoms with van der Waals surface area (Å²) < 4.78 is 0. The molecule has 3 aromatic rings. The Balaban J connectivity index is 1.97. The van der Waals surface area contributed by atoms with Crippen molar-refractivity contribution in [3.63, 3.8) is 0 Å². The van der Waals surface area contributed by atoms with E-state index in [1.165, 1.54) is 4.90 Å². The van der Waals surface area contributed by atoms with Crippen LogP contribution in [0.1, 0.15) is 5.56 Å². The van der Waals surface area contributed by atoms with Crippen molar-refractivity contribution in [2.24, 2.45) is 0 Å². The third-order valence-electron chi connectivity index (χ3n) is 4.75. The topological polar surface area (TPSA) is 129 Å². The molecule has 2 N–H and O–H groups in total. The molecule has 3 rings (SSSR count). The second-order valence-electron chi connectivity index (χ2n) is 8.51. The minimum absolute atomic E-state index is 0.173. The Morgan fingerprint density at radius 3 is 1.84 bits per heavy atom. The molecule has 9 nitrogen and oxygen atoms in total. The molecule has 0 aliphatic carbocycles. The Kier molecular flexibility index (Phi) is 7.06. The summed E-state index contributed by atoms with van der Waals surface area (Å²) in [6.45, 7) is 6.01. The minimum atomic E-state index is -1.76. The Bertz CT molecular complexity index is 1090. The van der Waals surface area contributed by atoms with E-state index in [1.807, 2.05) is 48.5 Å². The fourth-order valence-electron chi connectivity index (χ4n) is 3.20. The van der Waals surface area contributed by atoms with Crippen LogP contribution in [-0.4, -0.2) is 68.6 Å². The highest BCUT2D eigenvalue weighted by Gasteiger charge is 2.21. The molecule has 0 spiro atoms. The number of hydrogen-bond acceptors (Lipinski definition) is 7.